The van der Waals surface area contributed by atoms with Crippen molar-refractivity contribution in [1.82, 2.24) is 4.98 Å². The molecule has 0 bridgehead atoms. The minimum atomic E-state index is 0.0168. The molecule has 2 N–H and O–H groups in total. The second kappa shape index (κ2) is 5.02. The van der Waals surface area contributed by atoms with Crippen LogP contribution in [-0.4, -0.2) is 10.8 Å². The molecule has 0 aliphatic heterocycles. The number of Topliss-reactive ketones (excluding diaryl/α,β-unsaturated/α-hetero) is 1. The highest BCUT2D eigenvalue weighted by atomic mass is 16.1. The number of nitrogens with two attached hydrogens (primary N) is 1. The van der Waals surface area contributed by atoms with E-state index in [9.17, 15) is 4.79 Å². The van der Waals surface area contributed by atoms with E-state index in [0.717, 1.165) is 27.7 Å². The highest BCUT2D eigenvalue weighted by Gasteiger charge is 2.17. The summed E-state index contributed by atoms with van der Waals surface area (Å²) >= 11 is 0. The van der Waals surface area contributed by atoms with E-state index >= 15 is 0 Å². The van der Waals surface area contributed by atoms with Gasteiger partial charge in [0.05, 0.1) is 5.52 Å². The van der Waals surface area contributed by atoms with Crippen LogP contribution in [0, 0.1) is 6.92 Å². The van der Waals surface area contributed by atoms with Crippen LogP contribution >= 0.6 is 0 Å². The zero-order valence-corrected chi connectivity index (χ0v) is 12.1. The van der Waals surface area contributed by atoms with E-state index in [2.05, 4.69) is 4.98 Å². The Morgan fingerprint density at radius 2 is 1.81 bits per heavy atom. The fraction of sp³-hybridized carbons (Fsp3) is 0.111. The molecular formula is C18H16N2O. The summed E-state index contributed by atoms with van der Waals surface area (Å²) < 4.78 is 0. The first-order valence-corrected chi connectivity index (χ1v) is 6.84. The Bertz CT molecular complexity index is 839. The average molecular weight is 276 g/mol. The molecule has 1 aromatic heterocycles. The lowest BCUT2D eigenvalue weighted by molar-refractivity contribution is 0.101. The van der Waals surface area contributed by atoms with Crippen LogP contribution < -0.4 is 5.73 Å². The Kier molecular flexibility index (Phi) is 3.18. The lowest BCUT2D eigenvalue weighted by Crippen LogP contribution is -2.04. The highest BCUT2D eigenvalue weighted by Crippen LogP contribution is 2.34. The van der Waals surface area contributed by atoms with E-state index in [1.165, 1.54) is 0 Å². The lowest BCUT2D eigenvalue weighted by Gasteiger charge is -2.14. The van der Waals surface area contributed by atoms with Crippen LogP contribution in [0.15, 0.2) is 48.5 Å². The van der Waals surface area contributed by atoms with E-state index in [1.807, 2.05) is 55.5 Å². The van der Waals surface area contributed by atoms with E-state index in [4.69, 9.17) is 5.73 Å². The number of hydrogen-bond acceptors (Lipinski definition) is 3. The van der Waals surface area contributed by atoms with Gasteiger partial charge in [0.2, 0.25) is 0 Å². The van der Waals surface area contributed by atoms with Gasteiger partial charge in [0.25, 0.3) is 0 Å². The average Bonchev–Trinajstić information content (AvgIpc) is 2.47. The molecule has 0 atom stereocenters. The first kappa shape index (κ1) is 13.3. The zero-order chi connectivity index (χ0) is 15.0. The predicted octanol–water partition coefficient (Wildman–Crippen LogP) is 4.00. The molecule has 21 heavy (non-hydrogen) atoms. The number of hydrogen-bond donors (Lipinski definition) is 1. The van der Waals surface area contributed by atoms with Crippen LogP contribution in [0.4, 0.5) is 5.69 Å². The number of nitrogens with zero attached hydrogens (tertiary/aromatic N) is 1. The number of aromatic nitrogens is 1. The molecule has 0 unspecified atom stereocenters. The quantitative estimate of drug-likeness (QED) is 0.568. The summed E-state index contributed by atoms with van der Waals surface area (Å²) in [5, 5.41) is 0.914. The highest BCUT2D eigenvalue weighted by molar-refractivity contribution is 6.10. The number of nitrogen functional groups attached to an aromatic ring is 1. The van der Waals surface area contributed by atoms with Crippen LogP contribution in [-0.2, 0) is 0 Å². The molecule has 0 fully saturated rings. The van der Waals surface area contributed by atoms with Crippen LogP contribution in [0.1, 0.15) is 23.0 Å². The molecule has 2 aromatic carbocycles. The second-order valence-electron chi connectivity index (χ2n) is 5.15. The van der Waals surface area contributed by atoms with Crippen molar-refractivity contribution in [2.45, 2.75) is 13.8 Å². The first-order chi connectivity index (χ1) is 10.1. The molecule has 3 heteroatoms. The largest absolute Gasteiger partial charge is 0.399 e. The summed E-state index contributed by atoms with van der Waals surface area (Å²) in [7, 11) is 0. The molecule has 0 saturated carbocycles. The Hall–Kier alpha value is -2.68. The number of rotatable bonds is 2. The van der Waals surface area contributed by atoms with Gasteiger partial charge in [-0.25, -0.2) is 0 Å². The molecule has 0 aliphatic rings. The SMILES string of the molecule is CC(=O)c1c(C)nc2ccc(N)cc2c1-c1ccccc1. The van der Waals surface area contributed by atoms with Crippen molar-refractivity contribution in [3.05, 3.63) is 59.8 Å². The predicted molar refractivity (Wildman–Crippen MR) is 86.3 cm³/mol. The molecule has 104 valence electrons. The Labute approximate surface area is 123 Å². The monoisotopic (exact) mass is 276 g/mol. The number of carbonyl (C=O) groups excluding carboxylic acids is 1. The molecular weight excluding hydrogens is 260 g/mol. The van der Waals surface area contributed by atoms with E-state index in [0.29, 0.717) is 11.3 Å². The molecule has 3 nitrogen and oxygen atoms in total. The molecule has 0 aliphatic carbocycles. The number of anilines is 1. The van der Waals surface area contributed by atoms with Crippen LogP contribution in [0.2, 0.25) is 0 Å². The zero-order valence-electron chi connectivity index (χ0n) is 12.1. The molecule has 0 saturated heterocycles. The van der Waals surface area contributed by atoms with E-state index in [-0.39, 0.29) is 5.78 Å². The van der Waals surface area contributed by atoms with Crippen LogP contribution in [0.5, 0.6) is 0 Å². The van der Waals surface area contributed by atoms with Gasteiger partial charge in [-0.2, -0.15) is 0 Å². The van der Waals surface area contributed by atoms with Gasteiger partial charge in [-0.05, 0) is 37.6 Å². The maximum Gasteiger partial charge on any atom is 0.162 e. The Morgan fingerprint density at radius 1 is 1.10 bits per heavy atom. The number of benzene rings is 2. The summed E-state index contributed by atoms with van der Waals surface area (Å²) in [6.45, 7) is 3.45. The fourth-order valence-corrected chi connectivity index (χ4v) is 2.74. The maximum absolute atomic E-state index is 12.1. The third kappa shape index (κ3) is 2.27. The smallest absolute Gasteiger partial charge is 0.162 e. The van der Waals surface area contributed by atoms with Gasteiger partial charge in [0, 0.05) is 27.9 Å². The third-order valence-electron chi connectivity index (χ3n) is 3.60. The van der Waals surface area contributed by atoms with E-state index in [1.54, 1.807) is 6.92 Å². The molecule has 3 aromatic rings. The van der Waals surface area contributed by atoms with Crippen molar-refractivity contribution in [3.63, 3.8) is 0 Å². The van der Waals surface area contributed by atoms with Gasteiger partial charge in [0.1, 0.15) is 0 Å². The minimum Gasteiger partial charge on any atom is -0.399 e. The molecule has 0 radical (unpaired) electrons. The number of aryl methyl sites for hydroxylation is 1. The number of fused-ring (bicyclic) bond motifs is 1. The maximum atomic E-state index is 12.1. The van der Waals surface area contributed by atoms with Gasteiger partial charge in [0.15, 0.2) is 5.78 Å². The van der Waals surface area contributed by atoms with Gasteiger partial charge in [-0.1, -0.05) is 30.3 Å². The summed E-state index contributed by atoms with van der Waals surface area (Å²) in [6.07, 6.45) is 0. The van der Waals surface area contributed by atoms with Crippen molar-refractivity contribution in [1.29, 1.82) is 0 Å². The summed E-state index contributed by atoms with van der Waals surface area (Å²) in [5.41, 5.74) is 10.8. The van der Waals surface area contributed by atoms with Gasteiger partial charge in [-0.3, -0.25) is 9.78 Å². The van der Waals surface area contributed by atoms with Gasteiger partial charge in [-0.15, -0.1) is 0 Å². The normalized spacial score (nSPS) is 10.8. The van der Waals surface area contributed by atoms with Crippen molar-refractivity contribution in [2.75, 3.05) is 5.73 Å². The van der Waals surface area contributed by atoms with Crippen LogP contribution in [0.25, 0.3) is 22.0 Å². The minimum absolute atomic E-state index is 0.0168. The van der Waals surface area contributed by atoms with E-state index < -0.39 is 0 Å². The molecule has 1 heterocycles. The second-order valence-corrected chi connectivity index (χ2v) is 5.15. The van der Waals surface area contributed by atoms with Gasteiger partial charge >= 0.3 is 0 Å². The number of carbonyl (C=O) groups is 1. The summed E-state index contributed by atoms with van der Waals surface area (Å²) in [4.78, 5) is 16.7. The Balaban J connectivity index is 2.50. The molecule has 0 amide bonds. The first-order valence-electron chi connectivity index (χ1n) is 6.84. The van der Waals surface area contributed by atoms with Crippen molar-refractivity contribution in [2.24, 2.45) is 0 Å². The Morgan fingerprint density at radius 3 is 2.48 bits per heavy atom. The number of pyridine rings is 1. The third-order valence-corrected chi connectivity index (χ3v) is 3.60. The van der Waals surface area contributed by atoms with Crippen molar-refractivity contribution < 1.29 is 4.79 Å². The standard InChI is InChI=1S/C18H16N2O/c1-11-17(12(2)21)18(13-6-4-3-5-7-13)15-10-14(19)8-9-16(15)20-11/h3-10H,19H2,1-2H3. The van der Waals surface area contributed by atoms with Gasteiger partial charge < -0.3 is 5.73 Å². The fourth-order valence-electron chi connectivity index (χ4n) is 2.74. The van der Waals surface area contributed by atoms with Crippen molar-refractivity contribution in [3.8, 4) is 11.1 Å². The topological polar surface area (TPSA) is 56.0 Å². The molecule has 3 rings (SSSR count). The lowest BCUT2D eigenvalue weighted by atomic mass is 9.92. The van der Waals surface area contributed by atoms with Crippen molar-refractivity contribution >= 4 is 22.4 Å². The summed E-state index contributed by atoms with van der Waals surface area (Å²) in [5.74, 6) is 0.0168. The number of ketones is 1. The molecule has 0 spiro atoms. The van der Waals surface area contributed by atoms with Crippen LogP contribution in [0.3, 0.4) is 0 Å². The summed E-state index contributed by atoms with van der Waals surface area (Å²) in [6, 6.07) is 15.5.